The zero-order valence-corrected chi connectivity index (χ0v) is 12.7. The fraction of sp³-hybridized carbons (Fsp3) is 1.00. The maximum absolute atomic E-state index is 13.3. The number of hydrogen-bond donors (Lipinski definition) is 0. The van der Waals surface area contributed by atoms with Crippen molar-refractivity contribution in [2.75, 3.05) is 19.8 Å². The molecule has 1 atom stereocenters. The predicted octanol–water partition coefficient (Wildman–Crippen LogP) is 4.78. The van der Waals surface area contributed by atoms with Crippen molar-refractivity contribution >= 4 is 0 Å². The summed E-state index contributed by atoms with van der Waals surface area (Å²) < 4.78 is 200. The number of epoxide rings is 1. The summed E-state index contributed by atoms with van der Waals surface area (Å²) in [6.45, 7) is -3.85. The summed E-state index contributed by atoms with van der Waals surface area (Å²) in [6.07, 6.45) is -8.54. The van der Waals surface area contributed by atoms with Crippen molar-refractivity contribution < 1.29 is 75.3 Å². The Balaban J connectivity index is 3.27. The van der Waals surface area contributed by atoms with E-state index in [1.807, 2.05) is 0 Å². The summed E-state index contributed by atoms with van der Waals surface area (Å²) in [4.78, 5) is 0. The smallest absolute Gasteiger partial charge is 0.372 e. The van der Waals surface area contributed by atoms with Crippen LogP contribution >= 0.6 is 0 Å². The summed E-state index contributed by atoms with van der Waals surface area (Å²) >= 11 is 0. The Morgan fingerprint density at radius 3 is 1.32 bits per heavy atom. The standard InChI is InChI=1S/C11H7F15O2/c12-5(13,3-27-1-4-2-28-4)6(14,15)7(16,17)8(18,19)9(20,21)10(22,23)11(24,25)26/h4H,1-3H2. The quantitative estimate of drug-likeness (QED) is 0.368. The third-order valence-electron chi connectivity index (χ3n) is 3.38. The van der Waals surface area contributed by atoms with Crippen LogP contribution in [-0.2, 0) is 9.47 Å². The highest BCUT2D eigenvalue weighted by Gasteiger charge is 2.93. The van der Waals surface area contributed by atoms with E-state index in [2.05, 4.69) is 9.47 Å². The van der Waals surface area contributed by atoms with Crippen LogP contribution in [0.1, 0.15) is 0 Å². The highest BCUT2D eigenvalue weighted by Crippen LogP contribution is 2.62. The van der Waals surface area contributed by atoms with Crippen LogP contribution in [0.4, 0.5) is 65.9 Å². The lowest BCUT2D eigenvalue weighted by molar-refractivity contribution is -0.453. The molecule has 1 aliphatic heterocycles. The molecule has 0 bridgehead atoms. The van der Waals surface area contributed by atoms with Gasteiger partial charge in [0.15, 0.2) is 0 Å². The van der Waals surface area contributed by atoms with E-state index >= 15 is 0 Å². The number of alkyl halides is 15. The van der Waals surface area contributed by atoms with Crippen LogP contribution in [0.15, 0.2) is 0 Å². The molecule has 1 rings (SSSR count). The molecule has 0 N–H and O–H groups in total. The summed E-state index contributed by atoms with van der Waals surface area (Å²) in [5.74, 6) is -46.5. The summed E-state index contributed by atoms with van der Waals surface area (Å²) in [7, 11) is 0. The van der Waals surface area contributed by atoms with Gasteiger partial charge in [-0.15, -0.1) is 0 Å². The molecule has 0 radical (unpaired) electrons. The van der Waals surface area contributed by atoms with Gasteiger partial charge in [0.25, 0.3) is 0 Å². The van der Waals surface area contributed by atoms with Crippen LogP contribution in [-0.4, -0.2) is 67.6 Å². The van der Waals surface area contributed by atoms with Gasteiger partial charge in [-0.25, -0.2) is 0 Å². The number of ether oxygens (including phenoxy) is 2. The van der Waals surface area contributed by atoms with Crippen LogP contribution in [0.2, 0.25) is 0 Å². The van der Waals surface area contributed by atoms with Crippen molar-refractivity contribution in [3.63, 3.8) is 0 Å². The van der Waals surface area contributed by atoms with Gasteiger partial charge in [-0.2, -0.15) is 65.9 Å². The first-order chi connectivity index (χ1) is 12.1. The fourth-order valence-electron chi connectivity index (χ4n) is 1.57. The van der Waals surface area contributed by atoms with Gasteiger partial charge in [0.05, 0.1) is 13.2 Å². The predicted molar refractivity (Wildman–Crippen MR) is 56.3 cm³/mol. The van der Waals surface area contributed by atoms with Crippen LogP contribution < -0.4 is 0 Å². The van der Waals surface area contributed by atoms with Crippen LogP contribution in [0.25, 0.3) is 0 Å². The van der Waals surface area contributed by atoms with Crippen molar-refractivity contribution in [3.8, 4) is 0 Å². The number of rotatable bonds is 9. The lowest BCUT2D eigenvalue weighted by Crippen LogP contribution is -2.73. The highest BCUT2D eigenvalue weighted by molar-refractivity contribution is 5.13. The SMILES string of the molecule is FC(F)(F)C(F)(F)C(F)(F)C(F)(F)C(F)(F)C(F)(F)C(F)(F)COCC1CO1. The topological polar surface area (TPSA) is 21.8 Å². The Morgan fingerprint density at radius 1 is 0.607 bits per heavy atom. The normalized spacial score (nSPS) is 20.5. The van der Waals surface area contributed by atoms with E-state index in [9.17, 15) is 65.9 Å². The second kappa shape index (κ2) is 6.70. The molecular formula is C11H7F15O2. The molecule has 17 heteroatoms. The van der Waals surface area contributed by atoms with E-state index in [1.165, 1.54) is 0 Å². The Labute approximate surface area is 144 Å². The lowest BCUT2D eigenvalue weighted by Gasteiger charge is -2.41. The van der Waals surface area contributed by atoms with Gasteiger partial charge in [0.2, 0.25) is 0 Å². The van der Waals surface area contributed by atoms with E-state index in [-0.39, 0.29) is 6.61 Å². The maximum atomic E-state index is 13.3. The largest absolute Gasteiger partial charge is 0.460 e. The summed E-state index contributed by atoms with van der Waals surface area (Å²) in [6, 6.07) is 0. The minimum absolute atomic E-state index is 0.130. The second-order valence-corrected chi connectivity index (χ2v) is 5.54. The van der Waals surface area contributed by atoms with Gasteiger partial charge in [0.1, 0.15) is 12.7 Å². The molecule has 0 aromatic carbocycles. The Bertz CT molecular complexity index is 563. The van der Waals surface area contributed by atoms with Gasteiger partial charge in [0, 0.05) is 0 Å². The second-order valence-electron chi connectivity index (χ2n) is 5.54. The number of halogens is 15. The van der Waals surface area contributed by atoms with E-state index < -0.39 is 61.0 Å². The van der Waals surface area contributed by atoms with Gasteiger partial charge in [-0.3, -0.25) is 0 Å². The van der Waals surface area contributed by atoms with Crippen molar-refractivity contribution in [2.24, 2.45) is 0 Å². The molecule has 1 saturated heterocycles. The molecule has 0 aliphatic carbocycles. The van der Waals surface area contributed by atoms with E-state index in [0.717, 1.165) is 0 Å². The Morgan fingerprint density at radius 2 is 0.964 bits per heavy atom. The molecule has 1 aliphatic rings. The lowest BCUT2D eigenvalue weighted by atomic mass is 9.91. The van der Waals surface area contributed by atoms with Crippen LogP contribution in [0, 0.1) is 0 Å². The van der Waals surface area contributed by atoms with Gasteiger partial charge >= 0.3 is 41.7 Å². The summed E-state index contributed by atoms with van der Waals surface area (Å²) in [5.41, 5.74) is 0. The average molecular weight is 456 g/mol. The molecule has 1 unspecified atom stereocenters. The van der Waals surface area contributed by atoms with Crippen molar-refractivity contribution in [1.29, 1.82) is 0 Å². The highest BCUT2D eigenvalue weighted by atomic mass is 19.4. The van der Waals surface area contributed by atoms with Crippen LogP contribution in [0.5, 0.6) is 0 Å². The zero-order chi connectivity index (χ0) is 22.6. The zero-order valence-electron chi connectivity index (χ0n) is 12.7. The number of hydrogen-bond acceptors (Lipinski definition) is 2. The van der Waals surface area contributed by atoms with Crippen molar-refractivity contribution in [3.05, 3.63) is 0 Å². The van der Waals surface area contributed by atoms with E-state index in [1.54, 1.807) is 0 Å². The molecule has 1 heterocycles. The third-order valence-corrected chi connectivity index (χ3v) is 3.38. The molecule has 28 heavy (non-hydrogen) atoms. The van der Waals surface area contributed by atoms with Crippen molar-refractivity contribution in [2.45, 2.75) is 47.8 Å². The molecular weight excluding hydrogens is 449 g/mol. The van der Waals surface area contributed by atoms with Crippen LogP contribution in [0.3, 0.4) is 0 Å². The van der Waals surface area contributed by atoms with E-state index in [0.29, 0.717) is 0 Å². The monoisotopic (exact) mass is 456 g/mol. The van der Waals surface area contributed by atoms with Gasteiger partial charge in [-0.05, 0) is 0 Å². The molecule has 1 fully saturated rings. The van der Waals surface area contributed by atoms with E-state index in [4.69, 9.17) is 0 Å². The summed E-state index contributed by atoms with van der Waals surface area (Å²) in [5, 5.41) is 0. The van der Waals surface area contributed by atoms with Crippen molar-refractivity contribution in [1.82, 2.24) is 0 Å². The maximum Gasteiger partial charge on any atom is 0.460 e. The molecule has 0 saturated carbocycles. The molecule has 0 aromatic heterocycles. The minimum atomic E-state index is -8.27. The molecule has 2 nitrogen and oxygen atoms in total. The fourth-order valence-corrected chi connectivity index (χ4v) is 1.57. The third kappa shape index (κ3) is 3.59. The van der Waals surface area contributed by atoms with Gasteiger partial charge in [-0.1, -0.05) is 0 Å². The first-order valence-electron chi connectivity index (χ1n) is 6.61. The Kier molecular flexibility index (Phi) is 5.96. The first kappa shape index (κ1) is 24.9. The molecule has 0 amide bonds. The molecule has 0 spiro atoms. The minimum Gasteiger partial charge on any atom is -0.372 e. The average Bonchev–Trinajstić information content (AvgIpc) is 3.28. The molecule has 168 valence electrons. The Hall–Kier alpha value is -1.13. The van der Waals surface area contributed by atoms with Gasteiger partial charge < -0.3 is 9.47 Å². The molecule has 0 aromatic rings. The first-order valence-corrected chi connectivity index (χ1v) is 6.61.